The molecule has 31 heavy (non-hydrogen) atoms. The van der Waals surface area contributed by atoms with Crippen molar-refractivity contribution in [2.75, 3.05) is 6.61 Å². The molecule has 4 aliphatic rings. The van der Waals surface area contributed by atoms with Gasteiger partial charge in [0.15, 0.2) is 0 Å². The van der Waals surface area contributed by atoms with Gasteiger partial charge in [-0.2, -0.15) is 0 Å². The number of aliphatic hydroxyl groups excluding tert-OH is 1. The molecule has 170 valence electrons. The average molecular weight is 424 g/mol. The Hall–Kier alpha value is -1.35. The smallest absolute Gasteiger partial charge is 0.216 e. The van der Waals surface area contributed by atoms with E-state index in [1.807, 2.05) is 12.3 Å². The number of hydrogen-bond acceptors (Lipinski definition) is 3. The van der Waals surface area contributed by atoms with Gasteiger partial charge in [-0.15, -0.1) is 0 Å². The molecule has 0 spiro atoms. The molecule has 4 aliphatic carbocycles. The maximum Gasteiger partial charge on any atom is 0.216 e. The van der Waals surface area contributed by atoms with Gasteiger partial charge in [0, 0.05) is 11.8 Å². The molecule has 1 unspecified atom stereocenters. The summed E-state index contributed by atoms with van der Waals surface area (Å²) in [6, 6.07) is 4.06. The third kappa shape index (κ3) is 3.46. The van der Waals surface area contributed by atoms with Gasteiger partial charge < -0.3 is 9.84 Å². The molecule has 0 radical (unpaired) electrons. The second-order valence-corrected chi connectivity index (χ2v) is 11.8. The first kappa shape index (κ1) is 21.5. The minimum Gasteiger partial charge on any atom is -0.477 e. The molecule has 3 heteroatoms. The van der Waals surface area contributed by atoms with E-state index >= 15 is 0 Å². The third-order valence-electron chi connectivity index (χ3n) is 10.3. The van der Waals surface area contributed by atoms with Crippen molar-refractivity contribution < 1.29 is 9.84 Å². The van der Waals surface area contributed by atoms with E-state index < -0.39 is 0 Å². The first-order valence-electron chi connectivity index (χ1n) is 12.7. The Kier molecular flexibility index (Phi) is 5.48. The Morgan fingerprint density at radius 1 is 1.16 bits per heavy atom. The second kappa shape index (κ2) is 7.90. The Labute approximate surface area is 188 Å². The number of rotatable bonds is 4. The van der Waals surface area contributed by atoms with Crippen LogP contribution in [-0.2, 0) is 0 Å². The van der Waals surface area contributed by atoms with Crippen molar-refractivity contribution in [3.8, 4) is 5.88 Å². The van der Waals surface area contributed by atoms with Crippen LogP contribution in [0.25, 0.3) is 0 Å². The van der Waals surface area contributed by atoms with E-state index in [0.29, 0.717) is 16.7 Å². The Bertz CT molecular complexity index is 849. The van der Waals surface area contributed by atoms with Gasteiger partial charge in [0.25, 0.3) is 0 Å². The number of ether oxygens (including phenoxy) is 1. The zero-order chi connectivity index (χ0) is 21.8. The molecule has 8 atom stereocenters. The number of hydrogen-bond donors (Lipinski definition) is 1. The molecule has 1 heterocycles. The highest BCUT2D eigenvalue weighted by Gasteiger charge is 2.59. The number of aliphatic hydroxyl groups is 1. The first-order chi connectivity index (χ1) is 14.8. The van der Waals surface area contributed by atoms with Crippen LogP contribution in [0.1, 0.15) is 77.7 Å². The van der Waals surface area contributed by atoms with Crippen molar-refractivity contribution >= 4 is 0 Å². The number of aryl methyl sites for hydroxylation is 1. The van der Waals surface area contributed by atoms with Gasteiger partial charge in [-0.25, -0.2) is 4.98 Å². The van der Waals surface area contributed by atoms with Gasteiger partial charge in [0.2, 0.25) is 5.88 Å². The summed E-state index contributed by atoms with van der Waals surface area (Å²) in [5.41, 5.74) is 3.49. The summed E-state index contributed by atoms with van der Waals surface area (Å²) in [4.78, 5) is 4.43. The lowest BCUT2D eigenvalue weighted by atomic mass is 9.47. The lowest BCUT2D eigenvalue weighted by Gasteiger charge is -2.58. The lowest BCUT2D eigenvalue weighted by molar-refractivity contribution is -0.0592. The van der Waals surface area contributed by atoms with Crippen molar-refractivity contribution in [1.29, 1.82) is 0 Å². The van der Waals surface area contributed by atoms with Gasteiger partial charge in [-0.3, -0.25) is 0 Å². The zero-order valence-corrected chi connectivity index (χ0v) is 19.9. The number of pyridine rings is 1. The summed E-state index contributed by atoms with van der Waals surface area (Å²) in [7, 11) is 0. The maximum absolute atomic E-state index is 10.2. The molecule has 3 saturated carbocycles. The monoisotopic (exact) mass is 423 g/mol. The number of aromatic nitrogens is 1. The van der Waals surface area contributed by atoms with E-state index in [-0.39, 0.29) is 6.10 Å². The van der Waals surface area contributed by atoms with E-state index in [9.17, 15) is 5.11 Å². The fourth-order valence-corrected chi connectivity index (χ4v) is 8.57. The van der Waals surface area contributed by atoms with Crippen molar-refractivity contribution in [1.82, 2.24) is 4.98 Å². The van der Waals surface area contributed by atoms with Crippen LogP contribution in [0.3, 0.4) is 0 Å². The average Bonchev–Trinajstić information content (AvgIpc) is 3.11. The van der Waals surface area contributed by atoms with Crippen molar-refractivity contribution in [2.45, 2.75) is 85.2 Å². The fraction of sp³-hybridized carbons (Fsp3) is 0.750. The highest BCUT2D eigenvalue weighted by Crippen LogP contribution is 2.67. The predicted molar refractivity (Wildman–Crippen MR) is 125 cm³/mol. The molecule has 5 rings (SSSR count). The summed E-state index contributed by atoms with van der Waals surface area (Å²) in [5.74, 6) is 4.60. The van der Waals surface area contributed by atoms with Crippen LogP contribution >= 0.6 is 0 Å². The largest absolute Gasteiger partial charge is 0.477 e. The molecule has 3 nitrogen and oxygen atoms in total. The first-order valence-corrected chi connectivity index (χ1v) is 12.7. The van der Waals surface area contributed by atoms with Crippen LogP contribution < -0.4 is 4.74 Å². The van der Waals surface area contributed by atoms with Gasteiger partial charge >= 0.3 is 0 Å². The lowest BCUT2D eigenvalue weighted by Crippen LogP contribution is -2.51. The van der Waals surface area contributed by atoms with Crippen LogP contribution in [0.15, 0.2) is 30.0 Å². The molecule has 1 N–H and O–H groups in total. The minimum absolute atomic E-state index is 0.107. The van der Waals surface area contributed by atoms with Gasteiger partial charge in [-0.05, 0) is 105 Å². The summed E-state index contributed by atoms with van der Waals surface area (Å²) in [6.45, 7) is 10.4. The van der Waals surface area contributed by atoms with Crippen molar-refractivity contribution in [3.05, 3.63) is 35.5 Å². The van der Waals surface area contributed by atoms with Crippen LogP contribution in [-0.4, -0.2) is 22.8 Å². The molecule has 0 aliphatic heterocycles. The van der Waals surface area contributed by atoms with Crippen LogP contribution in [0.2, 0.25) is 0 Å². The predicted octanol–water partition coefficient (Wildman–Crippen LogP) is 6.34. The Morgan fingerprint density at radius 2 is 2.00 bits per heavy atom. The normalized spacial score (nSPS) is 42.7. The number of allylic oxidation sites excluding steroid dienone is 1. The molecule has 0 aromatic carbocycles. The quantitative estimate of drug-likeness (QED) is 0.574. The number of nitrogens with zero attached hydrogens (tertiary/aromatic N) is 1. The van der Waals surface area contributed by atoms with E-state index in [1.54, 1.807) is 5.57 Å². The van der Waals surface area contributed by atoms with Gasteiger partial charge in [-0.1, -0.05) is 38.5 Å². The molecule has 0 saturated heterocycles. The highest BCUT2D eigenvalue weighted by molar-refractivity contribution is 5.26. The molecule has 1 aromatic heterocycles. The summed E-state index contributed by atoms with van der Waals surface area (Å²) >= 11 is 0. The molecule has 0 bridgehead atoms. The Balaban J connectivity index is 1.31. The molecular weight excluding hydrogens is 382 g/mol. The van der Waals surface area contributed by atoms with E-state index in [1.165, 1.54) is 38.5 Å². The zero-order valence-electron chi connectivity index (χ0n) is 19.9. The van der Waals surface area contributed by atoms with E-state index in [4.69, 9.17) is 4.74 Å². The number of fused-ring (bicyclic) bond motifs is 5. The maximum atomic E-state index is 10.2. The van der Waals surface area contributed by atoms with Crippen LogP contribution in [0.5, 0.6) is 5.88 Å². The standard InChI is InChI=1S/C28H41NO2/c1-18-6-5-15-29-26(18)31-17-19(2)23-9-10-24-22-8-7-20-16-21(30)11-13-27(20,3)25(22)12-14-28(23,24)4/h5-7,15,19,21-25,30H,8-14,16-17H2,1-4H3/t19?,21-,22-,23+,24-,25-,27-,28+/m0/s1. The fourth-order valence-electron chi connectivity index (χ4n) is 8.57. The Morgan fingerprint density at radius 3 is 2.81 bits per heavy atom. The second-order valence-electron chi connectivity index (χ2n) is 11.8. The summed E-state index contributed by atoms with van der Waals surface area (Å²) in [6.07, 6.45) is 14.1. The van der Waals surface area contributed by atoms with Gasteiger partial charge in [0.1, 0.15) is 0 Å². The topological polar surface area (TPSA) is 42.4 Å². The third-order valence-corrected chi connectivity index (χ3v) is 10.3. The minimum atomic E-state index is -0.107. The highest BCUT2D eigenvalue weighted by atomic mass is 16.5. The van der Waals surface area contributed by atoms with Crippen LogP contribution in [0.4, 0.5) is 0 Å². The molecule has 3 fully saturated rings. The van der Waals surface area contributed by atoms with Crippen LogP contribution in [0, 0.1) is 47.3 Å². The molecule has 1 aromatic rings. The van der Waals surface area contributed by atoms with E-state index in [0.717, 1.165) is 54.6 Å². The molecule has 0 amide bonds. The van der Waals surface area contributed by atoms with E-state index in [2.05, 4.69) is 44.8 Å². The van der Waals surface area contributed by atoms with Gasteiger partial charge in [0.05, 0.1) is 12.7 Å². The van der Waals surface area contributed by atoms with Crippen molar-refractivity contribution in [2.24, 2.45) is 40.4 Å². The molecular formula is C28H41NO2. The van der Waals surface area contributed by atoms with Crippen molar-refractivity contribution in [3.63, 3.8) is 0 Å². The summed E-state index contributed by atoms with van der Waals surface area (Å²) in [5, 5.41) is 10.2. The summed E-state index contributed by atoms with van der Waals surface area (Å²) < 4.78 is 6.19. The SMILES string of the molecule is Cc1cccnc1OCC(C)[C@H]1CC[C@H]2[C@@H]3CC=C4C[C@@H](O)CC[C@]4(C)[C@H]3CC[C@]12C.